The lowest BCUT2D eigenvalue weighted by Crippen LogP contribution is -2.11. The summed E-state index contributed by atoms with van der Waals surface area (Å²) in [5, 5.41) is 0. The van der Waals surface area contributed by atoms with E-state index in [1.165, 1.54) is 12.8 Å². The van der Waals surface area contributed by atoms with Crippen molar-refractivity contribution in [1.82, 2.24) is 9.97 Å². The maximum Gasteiger partial charge on any atom is 0.220 e. The first kappa shape index (κ1) is 13.7. The van der Waals surface area contributed by atoms with Gasteiger partial charge in [0.1, 0.15) is 0 Å². The Balaban J connectivity index is 1.92. The van der Waals surface area contributed by atoms with Gasteiger partial charge in [0.2, 0.25) is 5.95 Å². The van der Waals surface area contributed by atoms with Crippen LogP contribution in [0.15, 0.2) is 30.5 Å². The van der Waals surface area contributed by atoms with E-state index in [2.05, 4.69) is 9.97 Å². The van der Waals surface area contributed by atoms with E-state index in [-0.39, 0.29) is 12.1 Å². The minimum atomic E-state index is 0.265. The Morgan fingerprint density at radius 3 is 2.67 bits per heavy atom. The van der Waals surface area contributed by atoms with Crippen molar-refractivity contribution in [3.05, 3.63) is 30.5 Å². The highest BCUT2D eigenvalue weighted by molar-refractivity contribution is 5.64. The fourth-order valence-electron chi connectivity index (χ4n) is 2.65. The van der Waals surface area contributed by atoms with E-state index in [1.807, 2.05) is 24.3 Å². The quantitative estimate of drug-likeness (QED) is 0.934. The Kier molecular flexibility index (Phi) is 3.90. The maximum absolute atomic E-state index is 6.09. The van der Waals surface area contributed by atoms with Crippen LogP contribution in [0.3, 0.4) is 0 Å². The molecule has 1 aromatic carbocycles. The summed E-state index contributed by atoms with van der Waals surface area (Å²) in [6.07, 6.45) is 6.61. The minimum Gasteiger partial charge on any atom is -0.493 e. The highest BCUT2D eigenvalue weighted by Gasteiger charge is 2.19. The van der Waals surface area contributed by atoms with Crippen LogP contribution >= 0.6 is 0 Å². The fourth-order valence-corrected chi connectivity index (χ4v) is 2.65. The molecule has 5 heteroatoms. The molecule has 1 aliphatic carbocycles. The number of ether oxygens (including phenoxy) is 2. The molecule has 0 spiro atoms. The van der Waals surface area contributed by atoms with Crippen LogP contribution in [0.2, 0.25) is 0 Å². The first-order valence-corrected chi connectivity index (χ1v) is 7.20. The van der Waals surface area contributed by atoms with E-state index < -0.39 is 0 Å². The molecule has 0 amide bonds. The second kappa shape index (κ2) is 5.99. The number of anilines is 1. The van der Waals surface area contributed by atoms with E-state index in [4.69, 9.17) is 15.2 Å². The van der Waals surface area contributed by atoms with Gasteiger partial charge in [0.15, 0.2) is 11.5 Å². The standard InChI is InChI=1S/C16H19N3O2/c1-20-14-7-6-11(13-8-9-18-16(17)19-13)10-15(14)21-12-4-2-3-5-12/h6-10,12H,2-5H2,1H3,(H2,17,18,19). The molecule has 1 aliphatic rings. The predicted octanol–water partition coefficient (Wildman–Crippen LogP) is 3.06. The highest BCUT2D eigenvalue weighted by atomic mass is 16.5. The van der Waals surface area contributed by atoms with E-state index in [9.17, 15) is 0 Å². The Hall–Kier alpha value is -2.30. The molecule has 5 nitrogen and oxygen atoms in total. The second-order valence-electron chi connectivity index (χ2n) is 5.19. The van der Waals surface area contributed by atoms with Crippen molar-refractivity contribution in [2.75, 3.05) is 12.8 Å². The van der Waals surface area contributed by atoms with Crippen LogP contribution in [0.4, 0.5) is 5.95 Å². The molecule has 0 radical (unpaired) electrons. The third kappa shape index (κ3) is 3.07. The first-order valence-electron chi connectivity index (χ1n) is 7.20. The van der Waals surface area contributed by atoms with Gasteiger partial charge < -0.3 is 15.2 Å². The second-order valence-corrected chi connectivity index (χ2v) is 5.19. The molecule has 0 aliphatic heterocycles. The highest BCUT2D eigenvalue weighted by Crippen LogP contribution is 2.34. The van der Waals surface area contributed by atoms with Gasteiger partial charge in [0.25, 0.3) is 0 Å². The fraction of sp³-hybridized carbons (Fsp3) is 0.375. The number of hydrogen-bond acceptors (Lipinski definition) is 5. The summed E-state index contributed by atoms with van der Waals surface area (Å²) in [7, 11) is 1.65. The third-order valence-corrected chi connectivity index (χ3v) is 3.73. The zero-order valence-electron chi connectivity index (χ0n) is 12.1. The van der Waals surface area contributed by atoms with Crippen LogP contribution in [0, 0.1) is 0 Å². The molecule has 2 N–H and O–H groups in total. The van der Waals surface area contributed by atoms with Crippen molar-refractivity contribution < 1.29 is 9.47 Å². The third-order valence-electron chi connectivity index (χ3n) is 3.73. The average molecular weight is 285 g/mol. The van der Waals surface area contributed by atoms with Gasteiger partial charge in [-0.15, -0.1) is 0 Å². The van der Waals surface area contributed by atoms with Gasteiger partial charge in [-0.2, -0.15) is 0 Å². The van der Waals surface area contributed by atoms with Crippen molar-refractivity contribution in [2.45, 2.75) is 31.8 Å². The summed E-state index contributed by atoms with van der Waals surface area (Å²) in [6, 6.07) is 7.64. The number of nitrogen functional groups attached to an aromatic ring is 1. The predicted molar refractivity (Wildman–Crippen MR) is 81.3 cm³/mol. The molecule has 1 saturated carbocycles. The van der Waals surface area contributed by atoms with E-state index in [0.717, 1.165) is 35.6 Å². The number of aromatic nitrogens is 2. The summed E-state index contributed by atoms with van der Waals surface area (Å²) in [4.78, 5) is 8.16. The Morgan fingerprint density at radius 2 is 1.95 bits per heavy atom. The Labute approximate surface area is 124 Å². The van der Waals surface area contributed by atoms with Gasteiger partial charge in [-0.1, -0.05) is 0 Å². The number of nitrogens with zero attached hydrogens (tertiary/aromatic N) is 2. The molecule has 2 aromatic rings. The van der Waals surface area contributed by atoms with Crippen LogP contribution in [0.5, 0.6) is 11.5 Å². The molecule has 0 saturated heterocycles. The summed E-state index contributed by atoms with van der Waals surface area (Å²) >= 11 is 0. The molecule has 3 rings (SSSR count). The summed E-state index contributed by atoms with van der Waals surface area (Å²) < 4.78 is 11.5. The van der Waals surface area contributed by atoms with E-state index in [1.54, 1.807) is 13.3 Å². The van der Waals surface area contributed by atoms with Gasteiger partial charge in [-0.05, 0) is 49.9 Å². The largest absolute Gasteiger partial charge is 0.493 e. The molecule has 0 unspecified atom stereocenters. The van der Waals surface area contributed by atoms with Gasteiger partial charge in [0.05, 0.1) is 18.9 Å². The van der Waals surface area contributed by atoms with E-state index >= 15 is 0 Å². The topological polar surface area (TPSA) is 70.3 Å². The van der Waals surface area contributed by atoms with Crippen molar-refractivity contribution in [2.24, 2.45) is 0 Å². The molecular weight excluding hydrogens is 266 g/mol. The number of hydrogen-bond donors (Lipinski definition) is 1. The minimum absolute atomic E-state index is 0.265. The zero-order valence-corrected chi connectivity index (χ0v) is 12.1. The lowest BCUT2D eigenvalue weighted by Gasteiger charge is -2.16. The van der Waals surface area contributed by atoms with Crippen LogP contribution < -0.4 is 15.2 Å². The average Bonchev–Trinajstić information content (AvgIpc) is 3.00. The molecule has 21 heavy (non-hydrogen) atoms. The molecule has 1 heterocycles. The number of nitrogens with two attached hydrogens (primary N) is 1. The van der Waals surface area contributed by atoms with Gasteiger partial charge in [0, 0.05) is 11.8 Å². The van der Waals surface area contributed by atoms with Crippen molar-refractivity contribution in [3.63, 3.8) is 0 Å². The smallest absolute Gasteiger partial charge is 0.220 e. The van der Waals surface area contributed by atoms with Gasteiger partial charge in [-0.3, -0.25) is 0 Å². The Morgan fingerprint density at radius 1 is 1.14 bits per heavy atom. The molecule has 110 valence electrons. The normalized spacial score (nSPS) is 15.1. The molecule has 0 atom stereocenters. The summed E-state index contributed by atoms with van der Waals surface area (Å²) in [5.74, 6) is 1.77. The van der Waals surface area contributed by atoms with Crippen LogP contribution in [-0.4, -0.2) is 23.2 Å². The van der Waals surface area contributed by atoms with Gasteiger partial charge in [-0.25, -0.2) is 9.97 Å². The molecule has 1 aromatic heterocycles. The van der Waals surface area contributed by atoms with Crippen molar-refractivity contribution in [1.29, 1.82) is 0 Å². The van der Waals surface area contributed by atoms with Crippen LogP contribution in [0.25, 0.3) is 11.3 Å². The zero-order chi connectivity index (χ0) is 14.7. The number of benzene rings is 1. The first-order chi connectivity index (χ1) is 10.3. The Bertz CT molecular complexity index is 625. The summed E-state index contributed by atoms with van der Waals surface area (Å²) in [5.41, 5.74) is 7.37. The van der Waals surface area contributed by atoms with E-state index in [0.29, 0.717) is 0 Å². The maximum atomic E-state index is 6.09. The molecule has 0 bridgehead atoms. The SMILES string of the molecule is COc1ccc(-c2ccnc(N)n2)cc1OC1CCCC1. The van der Waals surface area contributed by atoms with Crippen molar-refractivity contribution in [3.8, 4) is 22.8 Å². The summed E-state index contributed by atoms with van der Waals surface area (Å²) in [6.45, 7) is 0. The lowest BCUT2D eigenvalue weighted by molar-refractivity contribution is 0.201. The van der Waals surface area contributed by atoms with Crippen LogP contribution in [0.1, 0.15) is 25.7 Å². The molecular formula is C16H19N3O2. The van der Waals surface area contributed by atoms with Gasteiger partial charge >= 0.3 is 0 Å². The monoisotopic (exact) mass is 285 g/mol. The lowest BCUT2D eigenvalue weighted by atomic mass is 10.1. The number of rotatable bonds is 4. The molecule has 1 fully saturated rings. The van der Waals surface area contributed by atoms with Crippen molar-refractivity contribution >= 4 is 5.95 Å². The van der Waals surface area contributed by atoms with Crippen LogP contribution in [-0.2, 0) is 0 Å². The number of methoxy groups -OCH3 is 1.